The number of ether oxygens (including phenoxy) is 1. The van der Waals surface area contributed by atoms with Gasteiger partial charge in [0, 0.05) is 45.6 Å². The number of para-hydroxylation sites is 1. The zero-order chi connectivity index (χ0) is 33.2. The van der Waals surface area contributed by atoms with E-state index in [4.69, 9.17) is 9.72 Å². The zero-order valence-electron chi connectivity index (χ0n) is 27.9. The predicted octanol–water partition coefficient (Wildman–Crippen LogP) is 11.2. The van der Waals surface area contributed by atoms with Crippen LogP contribution in [0.3, 0.4) is 0 Å². The van der Waals surface area contributed by atoms with Gasteiger partial charge in [0.05, 0.1) is 34.6 Å². The summed E-state index contributed by atoms with van der Waals surface area (Å²) in [5.74, 6) is 3.09. The first-order valence-electron chi connectivity index (χ1n) is 16.9. The average Bonchev–Trinajstić information content (AvgIpc) is 3.72. The molecule has 0 atom stereocenters. The lowest BCUT2D eigenvalue weighted by Gasteiger charge is -2.20. The second-order valence-electron chi connectivity index (χ2n) is 13.3. The van der Waals surface area contributed by atoms with Gasteiger partial charge >= 0.3 is 0 Å². The fraction of sp³-hybridized carbons (Fsp3) is 0.140. The highest BCUT2D eigenvalue weighted by Crippen LogP contribution is 2.41. The van der Waals surface area contributed by atoms with Crippen molar-refractivity contribution in [3.63, 3.8) is 0 Å². The van der Waals surface area contributed by atoms with Crippen molar-refractivity contribution in [2.75, 3.05) is 0 Å². The summed E-state index contributed by atoms with van der Waals surface area (Å²) in [6.45, 7) is 9.05. The van der Waals surface area contributed by atoms with Crippen molar-refractivity contribution in [3.05, 3.63) is 139 Å². The van der Waals surface area contributed by atoms with E-state index in [0.29, 0.717) is 11.8 Å². The molecule has 5 aromatic heterocycles. The summed E-state index contributed by atoms with van der Waals surface area (Å²) < 4.78 is 11.1. The van der Waals surface area contributed by atoms with Crippen LogP contribution in [0.5, 0.6) is 11.5 Å². The molecule has 6 heteroatoms. The van der Waals surface area contributed by atoms with E-state index in [9.17, 15) is 0 Å². The molecule has 0 saturated heterocycles. The van der Waals surface area contributed by atoms with E-state index in [-0.39, 0.29) is 0 Å². The first-order chi connectivity index (χ1) is 24.0. The molecule has 0 unspecified atom stereocenters. The fourth-order valence-electron chi connectivity index (χ4n) is 7.49. The lowest BCUT2D eigenvalue weighted by molar-refractivity contribution is 0.484. The predicted molar refractivity (Wildman–Crippen MR) is 200 cm³/mol. The second-order valence-corrected chi connectivity index (χ2v) is 13.3. The molecule has 4 aromatic carbocycles. The standard InChI is InChI=1S/C43H35N5O/c1-26(2)30-11-9-12-31(27(3)4)42(30)40-25-46-43-36-22-28(15-17-32(36)35-19-21-44-24-39(35)48(40)43)49-29-16-18-34-33-10-5-6-13-37(33)47(38(34)23-29)41-14-7-8-20-45-41/h5-27H,1-4H3. The first kappa shape index (κ1) is 29.2. The minimum atomic E-state index is 0.359. The Bertz CT molecular complexity index is 2680. The highest BCUT2D eigenvalue weighted by atomic mass is 16.5. The maximum absolute atomic E-state index is 6.65. The topological polar surface area (TPSA) is 57.2 Å². The molecule has 0 radical (unpaired) electrons. The van der Waals surface area contributed by atoms with E-state index in [0.717, 1.165) is 66.8 Å². The van der Waals surface area contributed by atoms with Crippen LogP contribution in [0.2, 0.25) is 0 Å². The number of hydrogen-bond donors (Lipinski definition) is 0. The summed E-state index contributed by atoms with van der Waals surface area (Å²) in [5, 5.41) is 5.60. The van der Waals surface area contributed by atoms with Gasteiger partial charge in [0.2, 0.25) is 0 Å². The molecule has 0 bridgehead atoms. The van der Waals surface area contributed by atoms with Gasteiger partial charge in [-0.2, -0.15) is 0 Å². The minimum Gasteiger partial charge on any atom is -0.457 e. The van der Waals surface area contributed by atoms with Crippen LogP contribution < -0.4 is 4.74 Å². The van der Waals surface area contributed by atoms with Crippen LogP contribution >= 0.6 is 0 Å². The van der Waals surface area contributed by atoms with E-state index in [1.807, 2.05) is 55.1 Å². The van der Waals surface area contributed by atoms with Crippen molar-refractivity contribution in [2.24, 2.45) is 0 Å². The molecule has 238 valence electrons. The maximum Gasteiger partial charge on any atom is 0.145 e. The first-order valence-corrected chi connectivity index (χ1v) is 16.9. The van der Waals surface area contributed by atoms with Gasteiger partial charge in [-0.05, 0) is 82.9 Å². The molecule has 0 aliphatic rings. The molecular weight excluding hydrogens is 603 g/mol. The van der Waals surface area contributed by atoms with Crippen LogP contribution in [-0.4, -0.2) is 23.9 Å². The quantitative estimate of drug-likeness (QED) is 0.170. The zero-order valence-corrected chi connectivity index (χ0v) is 27.9. The Labute approximate surface area is 284 Å². The van der Waals surface area contributed by atoms with E-state index < -0.39 is 0 Å². The summed E-state index contributed by atoms with van der Waals surface area (Å²) in [5.41, 5.74) is 9.05. The largest absolute Gasteiger partial charge is 0.457 e. The summed E-state index contributed by atoms with van der Waals surface area (Å²) in [6.07, 6.45) is 7.69. The van der Waals surface area contributed by atoms with Gasteiger partial charge in [0.15, 0.2) is 0 Å². The highest BCUT2D eigenvalue weighted by Gasteiger charge is 2.22. The maximum atomic E-state index is 6.65. The van der Waals surface area contributed by atoms with Gasteiger partial charge in [0.1, 0.15) is 23.0 Å². The number of rotatable bonds is 6. The molecule has 9 rings (SSSR count). The number of imidazole rings is 1. The van der Waals surface area contributed by atoms with Gasteiger partial charge in [0.25, 0.3) is 0 Å². The monoisotopic (exact) mass is 637 g/mol. The summed E-state index contributed by atoms with van der Waals surface area (Å²) in [4.78, 5) is 14.3. The van der Waals surface area contributed by atoms with E-state index in [2.05, 4.69) is 119 Å². The fourth-order valence-corrected chi connectivity index (χ4v) is 7.49. The minimum absolute atomic E-state index is 0.359. The van der Waals surface area contributed by atoms with Crippen LogP contribution in [0.1, 0.15) is 50.7 Å². The molecule has 0 fully saturated rings. The highest BCUT2D eigenvalue weighted by molar-refractivity contribution is 6.13. The van der Waals surface area contributed by atoms with Crippen molar-refractivity contribution in [2.45, 2.75) is 39.5 Å². The van der Waals surface area contributed by atoms with Crippen LogP contribution in [0.15, 0.2) is 128 Å². The third-order valence-electron chi connectivity index (χ3n) is 9.71. The van der Waals surface area contributed by atoms with E-state index in [1.54, 1.807) is 0 Å². The van der Waals surface area contributed by atoms with Crippen LogP contribution in [0, 0.1) is 0 Å². The van der Waals surface area contributed by atoms with Gasteiger partial charge in [-0.15, -0.1) is 0 Å². The molecule has 0 N–H and O–H groups in total. The molecule has 0 amide bonds. The van der Waals surface area contributed by atoms with Crippen molar-refractivity contribution < 1.29 is 4.74 Å². The third-order valence-corrected chi connectivity index (χ3v) is 9.71. The van der Waals surface area contributed by atoms with Crippen molar-refractivity contribution in [1.82, 2.24) is 23.9 Å². The third kappa shape index (κ3) is 4.59. The number of hydrogen-bond acceptors (Lipinski definition) is 4. The van der Waals surface area contributed by atoms with E-state index in [1.165, 1.54) is 22.1 Å². The Balaban J connectivity index is 1.23. The second kappa shape index (κ2) is 11.3. The van der Waals surface area contributed by atoms with Crippen LogP contribution in [0.4, 0.5) is 0 Å². The molecule has 49 heavy (non-hydrogen) atoms. The Kier molecular flexibility index (Phi) is 6.73. The number of aromatic nitrogens is 5. The number of nitrogens with zero attached hydrogens (tertiary/aromatic N) is 5. The Morgan fingerprint density at radius 2 is 1.27 bits per heavy atom. The molecule has 9 aromatic rings. The summed E-state index contributed by atoms with van der Waals surface area (Å²) >= 11 is 0. The molecule has 5 heterocycles. The summed E-state index contributed by atoms with van der Waals surface area (Å²) in [7, 11) is 0. The number of pyridine rings is 3. The molecule has 0 spiro atoms. The average molecular weight is 638 g/mol. The van der Waals surface area contributed by atoms with Gasteiger partial charge in [-0.3, -0.25) is 14.0 Å². The van der Waals surface area contributed by atoms with Gasteiger partial charge in [-0.25, -0.2) is 9.97 Å². The Hall–Kier alpha value is -6.01. The van der Waals surface area contributed by atoms with Gasteiger partial charge < -0.3 is 4.74 Å². The smallest absolute Gasteiger partial charge is 0.145 e. The lowest BCUT2D eigenvalue weighted by Crippen LogP contribution is -2.02. The summed E-state index contributed by atoms with van der Waals surface area (Å²) in [6, 6.07) is 35.9. The number of fused-ring (bicyclic) bond motifs is 9. The lowest BCUT2D eigenvalue weighted by atomic mass is 9.87. The molecule has 0 aliphatic carbocycles. The SMILES string of the molecule is CC(C)c1cccc(C(C)C)c1-c1cnc2c3cc(Oc4ccc5c6ccccc6n(-c6ccccn6)c5c4)ccc3c3ccncc3n12. The number of benzene rings is 4. The molecule has 0 saturated carbocycles. The van der Waals surface area contributed by atoms with Crippen molar-refractivity contribution >= 4 is 49.1 Å². The Morgan fingerprint density at radius 1 is 0.551 bits per heavy atom. The van der Waals surface area contributed by atoms with Crippen LogP contribution in [0.25, 0.3) is 66.2 Å². The van der Waals surface area contributed by atoms with E-state index >= 15 is 0 Å². The van der Waals surface area contributed by atoms with Gasteiger partial charge in [-0.1, -0.05) is 70.2 Å². The molecule has 0 aliphatic heterocycles. The van der Waals surface area contributed by atoms with Crippen molar-refractivity contribution in [1.29, 1.82) is 0 Å². The molecular formula is C43H35N5O. The van der Waals surface area contributed by atoms with Crippen LogP contribution in [-0.2, 0) is 0 Å². The normalized spacial score (nSPS) is 12.0. The van der Waals surface area contributed by atoms with Crippen molar-refractivity contribution in [3.8, 4) is 28.6 Å². The Morgan fingerprint density at radius 3 is 2.04 bits per heavy atom. The molecule has 6 nitrogen and oxygen atoms in total.